The van der Waals surface area contributed by atoms with Crippen molar-refractivity contribution in [2.24, 2.45) is 0 Å². The molecule has 0 saturated carbocycles. The maximum Gasteiger partial charge on any atom is 0.236 e. The lowest BCUT2D eigenvalue weighted by atomic mass is 9.90. The van der Waals surface area contributed by atoms with Crippen LogP contribution in [0.2, 0.25) is 0 Å². The van der Waals surface area contributed by atoms with Gasteiger partial charge in [0.1, 0.15) is 23.7 Å². The number of amides is 1. The number of hydrogen-bond acceptors (Lipinski definition) is 6. The van der Waals surface area contributed by atoms with Gasteiger partial charge in [-0.2, -0.15) is 0 Å². The molecule has 4 heterocycles. The molecule has 0 atom stereocenters. The van der Waals surface area contributed by atoms with Gasteiger partial charge in [0.25, 0.3) is 0 Å². The van der Waals surface area contributed by atoms with E-state index in [2.05, 4.69) is 10.2 Å². The Morgan fingerprint density at radius 1 is 1.24 bits per heavy atom. The first-order chi connectivity index (χ1) is 16.0. The van der Waals surface area contributed by atoms with Crippen LogP contribution in [0.1, 0.15) is 41.3 Å². The summed E-state index contributed by atoms with van der Waals surface area (Å²) in [4.78, 5) is 20.9. The fourth-order valence-electron chi connectivity index (χ4n) is 4.99. The van der Waals surface area contributed by atoms with Crippen molar-refractivity contribution in [3.63, 3.8) is 0 Å². The van der Waals surface area contributed by atoms with E-state index in [1.165, 1.54) is 6.07 Å². The van der Waals surface area contributed by atoms with Gasteiger partial charge in [-0.25, -0.2) is 9.37 Å². The molecule has 8 nitrogen and oxygen atoms in total. The third-order valence-electron chi connectivity index (χ3n) is 6.71. The van der Waals surface area contributed by atoms with E-state index in [-0.39, 0.29) is 17.6 Å². The van der Waals surface area contributed by atoms with Gasteiger partial charge in [-0.05, 0) is 57.0 Å². The molecule has 0 radical (unpaired) electrons. The molecule has 2 aliphatic heterocycles. The molecule has 1 saturated heterocycles. The lowest BCUT2D eigenvalue weighted by Crippen LogP contribution is -2.42. The molecule has 5 rings (SSSR count). The average molecular weight is 453 g/mol. The second kappa shape index (κ2) is 9.05. The van der Waals surface area contributed by atoms with Crippen molar-refractivity contribution in [1.82, 2.24) is 29.4 Å². The summed E-state index contributed by atoms with van der Waals surface area (Å²) in [6.07, 6.45) is 7.22. The fourth-order valence-corrected chi connectivity index (χ4v) is 4.99. The molecule has 1 fully saturated rings. The number of carbonyl (C=O) groups excluding carboxylic acids is 1. The Balaban J connectivity index is 1.31. The van der Waals surface area contributed by atoms with E-state index >= 15 is 0 Å². The molecule has 0 spiro atoms. The SMILES string of the molecule is CN(C)CC(=O)N1CCC(c2cnc(CCc3c(F)ccc4c3CCO4)n3cnnc23)CC1. The highest BCUT2D eigenvalue weighted by atomic mass is 19.1. The predicted molar refractivity (Wildman–Crippen MR) is 121 cm³/mol. The van der Waals surface area contributed by atoms with Crippen LogP contribution in [0, 0.1) is 5.82 Å². The topological polar surface area (TPSA) is 75.9 Å². The summed E-state index contributed by atoms with van der Waals surface area (Å²) in [7, 11) is 3.82. The van der Waals surface area contributed by atoms with Gasteiger partial charge in [-0.1, -0.05) is 0 Å². The summed E-state index contributed by atoms with van der Waals surface area (Å²) in [5.74, 6) is 1.87. The average Bonchev–Trinajstić information content (AvgIpc) is 3.48. The quantitative estimate of drug-likeness (QED) is 0.571. The molecular formula is C24H29FN6O2. The van der Waals surface area contributed by atoms with Crippen LogP contribution in [-0.2, 0) is 24.1 Å². The van der Waals surface area contributed by atoms with Crippen molar-refractivity contribution in [2.45, 2.75) is 38.0 Å². The van der Waals surface area contributed by atoms with E-state index in [4.69, 9.17) is 9.72 Å². The second-order valence-electron chi connectivity index (χ2n) is 9.15. The van der Waals surface area contributed by atoms with Crippen LogP contribution in [0.15, 0.2) is 24.7 Å². The van der Waals surface area contributed by atoms with Gasteiger partial charge >= 0.3 is 0 Å². The molecule has 9 heteroatoms. The van der Waals surface area contributed by atoms with E-state index in [9.17, 15) is 9.18 Å². The maximum atomic E-state index is 14.5. The van der Waals surface area contributed by atoms with Crippen molar-refractivity contribution in [1.29, 1.82) is 0 Å². The lowest BCUT2D eigenvalue weighted by Gasteiger charge is -2.32. The van der Waals surface area contributed by atoms with Crippen LogP contribution in [0.5, 0.6) is 5.75 Å². The Labute approximate surface area is 192 Å². The molecular weight excluding hydrogens is 423 g/mol. The first-order valence-electron chi connectivity index (χ1n) is 11.5. The van der Waals surface area contributed by atoms with Gasteiger partial charge in [-0.15, -0.1) is 10.2 Å². The Hall–Kier alpha value is -3.07. The van der Waals surface area contributed by atoms with Crippen LogP contribution >= 0.6 is 0 Å². The van der Waals surface area contributed by atoms with Gasteiger partial charge in [0.15, 0.2) is 5.65 Å². The number of carbonyl (C=O) groups is 1. The molecule has 1 amide bonds. The van der Waals surface area contributed by atoms with Crippen molar-refractivity contribution in [3.8, 4) is 5.75 Å². The molecule has 2 aliphatic rings. The number of rotatable bonds is 6. The monoisotopic (exact) mass is 452 g/mol. The predicted octanol–water partition coefficient (Wildman–Crippen LogP) is 2.25. The highest BCUT2D eigenvalue weighted by molar-refractivity contribution is 5.78. The normalized spacial score (nSPS) is 16.4. The van der Waals surface area contributed by atoms with Crippen LogP contribution in [-0.4, -0.2) is 75.6 Å². The summed E-state index contributed by atoms with van der Waals surface area (Å²) >= 11 is 0. The number of aryl methyl sites for hydroxylation is 1. The van der Waals surface area contributed by atoms with Crippen LogP contribution < -0.4 is 4.74 Å². The van der Waals surface area contributed by atoms with Crippen molar-refractivity contribution < 1.29 is 13.9 Å². The highest BCUT2D eigenvalue weighted by Gasteiger charge is 2.27. The Bertz CT molecular complexity index is 1170. The van der Waals surface area contributed by atoms with E-state index in [0.717, 1.165) is 60.7 Å². The van der Waals surface area contributed by atoms with E-state index in [1.807, 2.05) is 34.5 Å². The minimum atomic E-state index is -0.188. The number of nitrogens with zero attached hydrogens (tertiary/aromatic N) is 6. The third-order valence-corrected chi connectivity index (χ3v) is 6.71. The number of aromatic nitrogens is 4. The zero-order valence-electron chi connectivity index (χ0n) is 19.1. The van der Waals surface area contributed by atoms with Gasteiger partial charge in [0.05, 0.1) is 13.2 Å². The Morgan fingerprint density at radius 3 is 2.85 bits per heavy atom. The largest absolute Gasteiger partial charge is 0.493 e. The number of ether oxygens (including phenoxy) is 1. The lowest BCUT2D eigenvalue weighted by molar-refractivity contribution is -0.132. The molecule has 174 valence electrons. The Morgan fingerprint density at radius 2 is 2.06 bits per heavy atom. The molecule has 1 aromatic carbocycles. The molecule has 0 N–H and O–H groups in total. The van der Waals surface area contributed by atoms with Crippen LogP contribution in [0.25, 0.3) is 5.65 Å². The van der Waals surface area contributed by atoms with E-state index in [1.54, 1.807) is 12.4 Å². The highest BCUT2D eigenvalue weighted by Crippen LogP contribution is 2.32. The summed E-state index contributed by atoms with van der Waals surface area (Å²) in [6, 6.07) is 3.20. The number of hydrogen-bond donors (Lipinski definition) is 0. The smallest absolute Gasteiger partial charge is 0.236 e. The first kappa shape index (κ1) is 21.8. The van der Waals surface area contributed by atoms with E-state index < -0.39 is 0 Å². The molecule has 3 aromatic rings. The first-order valence-corrected chi connectivity index (χ1v) is 11.5. The number of benzene rings is 1. The molecule has 2 aromatic heterocycles. The van der Waals surface area contributed by atoms with Gasteiger partial charge < -0.3 is 14.5 Å². The maximum absolute atomic E-state index is 14.5. The van der Waals surface area contributed by atoms with Gasteiger partial charge in [0.2, 0.25) is 5.91 Å². The number of fused-ring (bicyclic) bond motifs is 2. The number of halogens is 1. The minimum absolute atomic E-state index is 0.171. The molecule has 0 aliphatic carbocycles. The van der Waals surface area contributed by atoms with Gasteiger partial charge in [-0.3, -0.25) is 9.20 Å². The minimum Gasteiger partial charge on any atom is -0.493 e. The molecule has 0 unspecified atom stereocenters. The van der Waals surface area contributed by atoms with E-state index in [0.29, 0.717) is 31.6 Å². The van der Waals surface area contributed by atoms with Crippen molar-refractivity contribution in [2.75, 3.05) is 40.3 Å². The summed E-state index contributed by atoms with van der Waals surface area (Å²) < 4.78 is 22.0. The standard InChI is InChI=1S/C24H29FN6O2/c1-29(2)14-23(32)30-10-7-16(8-11-30)19-13-26-22(31-15-27-28-24(19)31)6-3-17-18-9-12-33-21(18)5-4-20(17)25/h4-5,13,15-16H,3,6-12,14H2,1-2H3. The summed E-state index contributed by atoms with van der Waals surface area (Å²) in [5, 5.41) is 8.50. The van der Waals surface area contributed by atoms with Crippen molar-refractivity contribution >= 4 is 11.6 Å². The number of likely N-dealkylation sites (tertiary alicyclic amines) is 1. The fraction of sp³-hybridized carbons (Fsp3) is 0.500. The molecule has 33 heavy (non-hydrogen) atoms. The zero-order valence-corrected chi connectivity index (χ0v) is 19.1. The summed E-state index contributed by atoms with van der Waals surface area (Å²) in [6.45, 7) is 2.51. The summed E-state index contributed by atoms with van der Waals surface area (Å²) in [5.41, 5.74) is 3.56. The number of piperidine rings is 1. The van der Waals surface area contributed by atoms with Crippen LogP contribution in [0.4, 0.5) is 4.39 Å². The van der Waals surface area contributed by atoms with Crippen molar-refractivity contribution in [3.05, 3.63) is 53.0 Å². The molecule has 0 bridgehead atoms. The zero-order chi connectivity index (χ0) is 22.9. The third kappa shape index (κ3) is 4.29. The van der Waals surface area contributed by atoms with Crippen LogP contribution in [0.3, 0.4) is 0 Å². The van der Waals surface area contributed by atoms with Gasteiger partial charge in [0, 0.05) is 43.3 Å². The Kier molecular flexibility index (Phi) is 5.97. The second-order valence-corrected chi connectivity index (χ2v) is 9.15. The number of likely N-dealkylation sites (N-methyl/N-ethyl adjacent to an activating group) is 1.